The Hall–Kier alpha value is -3.27. The lowest BCUT2D eigenvalue weighted by molar-refractivity contribution is 0.0995. The smallest absolute Gasteiger partial charge is 0.273 e. The summed E-state index contributed by atoms with van der Waals surface area (Å²) in [5.41, 5.74) is 12.0. The Balaban J connectivity index is 1.61. The lowest BCUT2D eigenvalue weighted by Gasteiger charge is -2.26. The molecule has 1 aromatic carbocycles. The number of aromatic nitrogens is 5. The zero-order chi connectivity index (χ0) is 24.7. The third-order valence-corrected chi connectivity index (χ3v) is 4.96. The van der Waals surface area contributed by atoms with Crippen molar-refractivity contribution < 1.29 is 11.6 Å². The van der Waals surface area contributed by atoms with E-state index < -0.39 is 19.3 Å². The van der Waals surface area contributed by atoms with E-state index in [9.17, 15) is 4.79 Å². The van der Waals surface area contributed by atoms with E-state index in [1.165, 1.54) is 12.3 Å². The van der Waals surface area contributed by atoms with Gasteiger partial charge < -0.3 is 22.1 Å². The van der Waals surface area contributed by atoms with E-state index in [2.05, 4.69) is 30.9 Å². The van der Waals surface area contributed by atoms with E-state index in [-0.39, 0.29) is 29.5 Å². The minimum absolute atomic E-state index is 0.0991. The fourth-order valence-electron chi connectivity index (χ4n) is 3.42. The molecule has 0 unspecified atom stereocenters. The Labute approximate surface area is 175 Å². The molecule has 4 rings (SSSR count). The van der Waals surface area contributed by atoms with E-state index in [0.717, 1.165) is 30.4 Å². The molecule has 1 aliphatic rings. The Bertz CT molecular complexity index is 1200. The standard InChI is InChI=1S/C19H25N9O/c1-2-28-15-8-7-14(9-11(15)10-22-28)23-18-16(17(21)29)26-27-19(25-18)24-13-5-3-12(20)4-6-13/h7-10,12-13H,2-6,20H2,1H3,(H2,21,29)(H2,23,24,25,27)/t12-,13+/i1D3,2D2. The molecule has 0 atom stereocenters. The van der Waals surface area contributed by atoms with Crippen LogP contribution in [0.2, 0.25) is 0 Å². The number of anilines is 3. The molecule has 6 N–H and O–H groups in total. The summed E-state index contributed by atoms with van der Waals surface area (Å²) in [6.07, 6.45) is 4.88. The molecule has 3 aromatic rings. The van der Waals surface area contributed by atoms with Gasteiger partial charge in [0.05, 0.1) is 14.5 Å². The summed E-state index contributed by atoms with van der Waals surface area (Å²) >= 11 is 0. The molecule has 0 radical (unpaired) electrons. The Morgan fingerprint density at radius 2 is 2.17 bits per heavy atom. The number of fused-ring (bicyclic) bond motifs is 1. The summed E-state index contributed by atoms with van der Waals surface area (Å²) in [5.74, 6) is -0.465. The van der Waals surface area contributed by atoms with Gasteiger partial charge in [-0.1, -0.05) is 0 Å². The molecule has 1 amide bonds. The van der Waals surface area contributed by atoms with Gasteiger partial charge in [0.25, 0.3) is 5.91 Å². The third kappa shape index (κ3) is 4.11. The normalized spacial score (nSPS) is 22.7. The van der Waals surface area contributed by atoms with Crippen molar-refractivity contribution in [3.05, 3.63) is 30.1 Å². The van der Waals surface area contributed by atoms with Gasteiger partial charge in [-0.3, -0.25) is 9.48 Å². The molecule has 2 heterocycles. The quantitative estimate of drug-likeness (QED) is 0.489. The second-order valence-electron chi connectivity index (χ2n) is 7.02. The van der Waals surface area contributed by atoms with Gasteiger partial charge in [-0.05, 0) is 50.7 Å². The highest BCUT2D eigenvalue weighted by atomic mass is 16.1. The first-order valence-electron chi connectivity index (χ1n) is 11.8. The fraction of sp³-hybridized carbons (Fsp3) is 0.421. The Morgan fingerprint density at radius 3 is 2.93 bits per heavy atom. The van der Waals surface area contributed by atoms with Crippen LogP contribution < -0.4 is 22.1 Å². The van der Waals surface area contributed by atoms with E-state index >= 15 is 0 Å². The maximum atomic E-state index is 11.9. The number of nitrogens with zero attached hydrogens (tertiary/aromatic N) is 5. The number of aryl methyl sites for hydroxylation is 1. The second-order valence-corrected chi connectivity index (χ2v) is 7.02. The van der Waals surface area contributed by atoms with Crippen molar-refractivity contribution in [1.29, 1.82) is 0 Å². The minimum Gasteiger partial charge on any atom is -0.364 e. The van der Waals surface area contributed by atoms with Gasteiger partial charge in [0, 0.05) is 33.8 Å². The van der Waals surface area contributed by atoms with Gasteiger partial charge >= 0.3 is 0 Å². The highest BCUT2D eigenvalue weighted by molar-refractivity contribution is 5.96. The molecule has 152 valence electrons. The SMILES string of the molecule is [2H]C([2H])([2H])C([2H])([2H])n1ncc2cc(Nc3nc(N[C@H]4CC[C@@H](N)CC4)nnc3C(N)=O)ccc21. The van der Waals surface area contributed by atoms with Gasteiger partial charge in [0.2, 0.25) is 5.95 Å². The maximum Gasteiger partial charge on any atom is 0.273 e. The first-order chi connectivity index (χ1) is 16.0. The van der Waals surface area contributed by atoms with Gasteiger partial charge in [-0.25, -0.2) is 0 Å². The summed E-state index contributed by atoms with van der Waals surface area (Å²) in [6, 6.07) is 5.07. The summed E-state index contributed by atoms with van der Waals surface area (Å²) in [4.78, 5) is 16.2. The molecule has 2 aromatic heterocycles. The number of benzene rings is 1. The van der Waals surface area contributed by atoms with E-state index in [1.807, 2.05) is 0 Å². The van der Waals surface area contributed by atoms with Crippen molar-refractivity contribution >= 4 is 34.3 Å². The molecule has 0 saturated heterocycles. The van der Waals surface area contributed by atoms with Crippen LogP contribution in [0.3, 0.4) is 0 Å². The van der Waals surface area contributed by atoms with Crippen LogP contribution in [0.25, 0.3) is 10.9 Å². The minimum atomic E-state index is -2.90. The topological polar surface area (TPSA) is 150 Å². The lowest BCUT2D eigenvalue weighted by Crippen LogP contribution is -2.33. The number of rotatable bonds is 6. The summed E-state index contributed by atoms with van der Waals surface area (Å²) in [7, 11) is 0. The van der Waals surface area contributed by atoms with Crippen LogP contribution in [-0.2, 0) is 6.50 Å². The molecular weight excluding hydrogens is 370 g/mol. The number of nitrogens with two attached hydrogens (primary N) is 2. The molecule has 29 heavy (non-hydrogen) atoms. The summed E-state index contributed by atoms with van der Waals surface area (Å²) in [5, 5.41) is 18.5. The fourth-order valence-corrected chi connectivity index (χ4v) is 3.42. The van der Waals surface area contributed by atoms with Gasteiger partial charge in [-0.15, -0.1) is 10.2 Å². The van der Waals surface area contributed by atoms with Crippen LogP contribution in [0.15, 0.2) is 24.4 Å². The van der Waals surface area contributed by atoms with Crippen LogP contribution in [0.1, 0.15) is 49.9 Å². The average Bonchev–Trinajstić information content (AvgIpc) is 3.18. The van der Waals surface area contributed by atoms with Crippen LogP contribution in [0.4, 0.5) is 17.5 Å². The second kappa shape index (κ2) is 8.00. The Kier molecular flexibility index (Phi) is 3.81. The molecule has 0 aliphatic heterocycles. The van der Waals surface area contributed by atoms with Crippen LogP contribution in [0, 0.1) is 0 Å². The maximum absolute atomic E-state index is 11.9. The number of carbonyl (C=O) groups excluding carboxylic acids is 1. The molecule has 0 spiro atoms. The third-order valence-electron chi connectivity index (χ3n) is 4.96. The molecule has 1 aliphatic carbocycles. The molecule has 10 heteroatoms. The first-order valence-corrected chi connectivity index (χ1v) is 9.27. The number of carbonyl (C=O) groups is 1. The zero-order valence-corrected chi connectivity index (χ0v) is 15.6. The van der Waals surface area contributed by atoms with Gasteiger partial charge in [-0.2, -0.15) is 10.1 Å². The molecule has 1 fully saturated rings. The zero-order valence-electron chi connectivity index (χ0n) is 20.6. The van der Waals surface area contributed by atoms with Crippen molar-refractivity contribution in [2.75, 3.05) is 10.6 Å². The lowest BCUT2D eigenvalue weighted by atomic mass is 9.92. The van der Waals surface area contributed by atoms with Crippen LogP contribution >= 0.6 is 0 Å². The molecule has 0 bridgehead atoms. The van der Waals surface area contributed by atoms with Crippen molar-refractivity contribution in [2.45, 2.75) is 51.1 Å². The van der Waals surface area contributed by atoms with Crippen LogP contribution in [-0.4, -0.2) is 43.0 Å². The predicted molar refractivity (Wildman–Crippen MR) is 111 cm³/mol. The molecular formula is C19H25N9O. The number of hydrogen-bond acceptors (Lipinski definition) is 8. The van der Waals surface area contributed by atoms with Gasteiger partial charge in [0.1, 0.15) is 0 Å². The van der Waals surface area contributed by atoms with E-state index in [1.54, 1.807) is 12.1 Å². The highest BCUT2D eigenvalue weighted by Gasteiger charge is 2.21. The van der Waals surface area contributed by atoms with Crippen molar-refractivity contribution in [2.24, 2.45) is 11.5 Å². The number of amides is 1. The predicted octanol–water partition coefficient (Wildman–Crippen LogP) is 1.77. The number of primary amides is 1. The largest absolute Gasteiger partial charge is 0.364 e. The monoisotopic (exact) mass is 400 g/mol. The van der Waals surface area contributed by atoms with Crippen molar-refractivity contribution in [3.8, 4) is 0 Å². The summed E-state index contributed by atoms with van der Waals surface area (Å²) in [6.45, 7) is -5.60. The first kappa shape index (κ1) is 13.8. The van der Waals surface area contributed by atoms with E-state index in [4.69, 9.17) is 18.3 Å². The van der Waals surface area contributed by atoms with Crippen molar-refractivity contribution in [1.82, 2.24) is 25.0 Å². The average molecular weight is 401 g/mol. The Morgan fingerprint density at radius 1 is 1.34 bits per heavy atom. The van der Waals surface area contributed by atoms with Crippen molar-refractivity contribution in [3.63, 3.8) is 0 Å². The summed E-state index contributed by atoms with van der Waals surface area (Å²) < 4.78 is 39.2. The molecule has 1 saturated carbocycles. The highest BCUT2D eigenvalue weighted by Crippen LogP contribution is 2.24. The van der Waals surface area contributed by atoms with Crippen LogP contribution in [0.5, 0.6) is 0 Å². The van der Waals surface area contributed by atoms with E-state index in [0.29, 0.717) is 16.6 Å². The van der Waals surface area contributed by atoms with Gasteiger partial charge in [0.15, 0.2) is 11.5 Å². The molecule has 10 nitrogen and oxygen atoms in total. The number of hydrogen-bond donors (Lipinski definition) is 4. The number of nitrogens with one attached hydrogen (secondary N) is 2.